The van der Waals surface area contributed by atoms with Crippen molar-refractivity contribution in [2.24, 2.45) is 0 Å². The number of hydrogen-bond acceptors (Lipinski definition) is 2. The van der Waals surface area contributed by atoms with Gasteiger partial charge in [0.25, 0.3) is 0 Å². The van der Waals surface area contributed by atoms with Crippen LogP contribution in [0.15, 0.2) is 24.7 Å². The van der Waals surface area contributed by atoms with Gasteiger partial charge in [0.2, 0.25) is 0 Å². The Balaban J connectivity index is 0.000000606. The summed E-state index contributed by atoms with van der Waals surface area (Å²) in [5.41, 5.74) is 2.34. The van der Waals surface area contributed by atoms with Crippen molar-refractivity contribution in [3.63, 3.8) is 0 Å². The highest BCUT2D eigenvalue weighted by molar-refractivity contribution is 5.82. The first-order valence-electron chi connectivity index (χ1n) is 5.76. The predicted octanol–water partition coefficient (Wildman–Crippen LogP) is 2.92. The van der Waals surface area contributed by atoms with E-state index in [1.165, 1.54) is 5.56 Å². The highest BCUT2D eigenvalue weighted by Gasteiger charge is 2.09. The predicted molar refractivity (Wildman–Crippen MR) is 67.6 cm³/mol. The van der Waals surface area contributed by atoms with E-state index in [0.29, 0.717) is 0 Å². The van der Waals surface area contributed by atoms with Crippen LogP contribution in [0, 0.1) is 6.92 Å². The molecular weight excluding hydrogens is 200 g/mol. The molecule has 0 bridgehead atoms. The summed E-state index contributed by atoms with van der Waals surface area (Å²) >= 11 is 0. The van der Waals surface area contributed by atoms with Crippen molar-refractivity contribution < 1.29 is 5.11 Å². The Bertz CT molecular complexity index is 448. The molecule has 16 heavy (non-hydrogen) atoms. The third kappa shape index (κ3) is 2.25. The molecule has 0 aliphatic heterocycles. The summed E-state index contributed by atoms with van der Waals surface area (Å²) < 4.78 is 2.09. The molecule has 3 heteroatoms. The van der Waals surface area contributed by atoms with Gasteiger partial charge in [-0.3, -0.25) is 4.98 Å². The van der Waals surface area contributed by atoms with E-state index in [-0.39, 0.29) is 12.6 Å². The van der Waals surface area contributed by atoms with E-state index >= 15 is 0 Å². The smallest absolute Gasteiger partial charge is 0.0636 e. The normalized spacial score (nSPS) is 12.1. The second kappa shape index (κ2) is 5.66. The highest BCUT2D eigenvalue weighted by Crippen LogP contribution is 2.22. The van der Waals surface area contributed by atoms with Gasteiger partial charge in [-0.25, -0.2) is 0 Å². The number of pyridine rings is 1. The Morgan fingerprint density at radius 1 is 1.44 bits per heavy atom. The standard InChI is InChI=1S/C11H14N2O.C2H6/c1-8-6-13(9(2)7-14)11-3-4-12-5-10(8)11;1-2/h3-6,9,14H,7H2,1-2H3;1-2H3. The van der Waals surface area contributed by atoms with Gasteiger partial charge in [0.1, 0.15) is 0 Å². The molecule has 1 unspecified atom stereocenters. The molecule has 0 saturated heterocycles. The van der Waals surface area contributed by atoms with Crippen LogP contribution >= 0.6 is 0 Å². The Labute approximate surface area is 96.7 Å². The first kappa shape index (κ1) is 12.7. The van der Waals surface area contributed by atoms with E-state index in [1.54, 1.807) is 6.20 Å². The molecule has 2 heterocycles. The van der Waals surface area contributed by atoms with Crippen LogP contribution < -0.4 is 0 Å². The molecule has 3 nitrogen and oxygen atoms in total. The average Bonchev–Trinajstić information content (AvgIpc) is 2.69. The summed E-state index contributed by atoms with van der Waals surface area (Å²) in [5, 5.41) is 10.3. The van der Waals surface area contributed by atoms with Crippen molar-refractivity contribution in [2.45, 2.75) is 33.7 Å². The van der Waals surface area contributed by atoms with Crippen molar-refractivity contribution in [2.75, 3.05) is 6.61 Å². The van der Waals surface area contributed by atoms with E-state index in [2.05, 4.69) is 22.7 Å². The lowest BCUT2D eigenvalue weighted by molar-refractivity contribution is 0.241. The lowest BCUT2D eigenvalue weighted by Crippen LogP contribution is -2.07. The molecule has 1 N–H and O–H groups in total. The fourth-order valence-corrected chi connectivity index (χ4v) is 1.72. The molecule has 2 rings (SSSR count). The van der Waals surface area contributed by atoms with Gasteiger partial charge in [-0.1, -0.05) is 13.8 Å². The van der Waals surface area contributed by atoms with E-state index < -0.39 is 0 Å². The van der Waals surface area contributed by atoms with E-state index in [4.69, 9.17) is 5.11 Å². The van der Waals surface area contributed by atoms with Gasteiger partial charge in [-0.05, 0) is 25.5 Å². The van der Waals surface area contributed by atoms with Crippen molar-refractivity contribution in [1.29, 1.82) is 0 Å². The third-order valence-corrected chi connectivity index (χ3v) is 2.57. The minimum atomic E-state index is 0.119. The molecule has 0 aromatic carbocycles. The summed E-state index contributed by atoms with van der Waals surface area (Å²) in [7, 11) is 0. The number of aliphatic hydroxyl groups is 1. The summed E-state index contributed by atoms with van der Waals surface area (Å²) in [6, 6.07) is 2.10. The third-order valence-electron chi connectivity index (χ3n) is 2.57. The monoisotopic (exact) mass is 220 g/mol. The first-order chi connectivity index (χ1) is 7.74. The first-order valence-corrected chi connectivity index (χ1v) is 5.76. The zero-order valence-electron chi connectivity index (χ0n) is 10.4. The molecule has 0 aliphatic carbocycles. The Morgan fingerprint density at radius 3 is 2.75 bits per heavy atom. The fourth-order valence-electron chi connectivity index (χ4n) is 1.72. The van der Waals surface area contributed by atoms with Crippen LogP contribution in [0.4, 0.5) is 0 Å². The van der Waals surface area contributed by atoms with Crippen LogP contribution in [0.1, 0.15) is 32.4 Å². The molecule has 0 fully saturated rings. The summed E-state index contributed by atoms with van der Waals surface area (Å²) in [6.07, 6.45) is 5.71. The van der Waals surface area contributed by atoms with E-state index in [1.807, 2.05) is 33.0 Å². The van der Waals surface area contributed by atoms with Crippen molar-refractivity contribution in [3.8, 4) is 0 Å². The lowest BCUT2D eigenvalue weighted by Gasteiger charge is -2.11. The Morgan fingerprint density at radius 2 is 2.12 bits per heavy atom. The quantitative estimate of drug-likeness (QED) is 0.845. The van der Waals surface area contributed by atoms with E-state index in [9.17, 15) is 0 Å². The fraction of sp³-hybridized carbons (Fsp3) is 0.462. The van der Waals surface area contributed by atoms with Gasteiger partial charge in [0, 0.05) is 24.0 Å². The molecule has 0 saturated carbocycles. The molecule has 2 aromatic rings. The molecule has 1 atom stereocenters. The van der Waals surface area contributed by atoms with Crippen LogP contribution in [0.5, 0.6) is 0 Å². The van der Waals surface area contributed by atoms with Crippen molar-refractivity contribution in [3.05, 3.63) is 30.2 Å². The number of aryl methyl sites for hydroxylation is 1. The summed E-state index contributed by atoms with van der Waals surface area (Å²) in [6.45, 7) is 8.22. The number of fused-ring (bicyclic) bond motifs is 1. The zero-order valence-corrected chi connectivity index (χ0v) is 10.4. The maximum Gasteiger partial charge on any atom is 0.0636 e. The van der Waals surface area contributed by atoms with Crippen LogP contribution in [-0.2, 0) is 0 Å². The van der Waals surface area contributed by atoms with Gasteiger partial charge >= 0.3 is 0 Å². The molecule has 0 radical (unpaired) electrons. The van der Waals surface area contributed by atoms with Crippen LogP contribution in [0.25, 0.3) is 10.9 Å². The largest absolute Gasteiger partial charge is 0.394 e. The van der Waals surface area contributed by atoms with Gasteiger partial charge < -0.3 is 9.67 Å². The van der Waals surface area contributed by atoms with Crippen LogP contribution in [0.3, 0.4) is 0 Å². The highest BCUT2D eigenvalue weighted by atomic mass is 16.3. The van der Waals surface area contributed by atoms with Gasteiger partial charge in [-0.15, -0.1) is 0 Å². The summed E-state index contributed by atoms with van der Waals surface area (Å²) in [5.74, 6) is 0. The van der Waals surface area contributed by atoms with Crippen LogP contribution in [-0.4, -0.2) is 21.3 Å². The topological polar surface area (TPSA) is 38.0 Å². The van der Waals surface area contributed by atoms with Crippen molar-refractivity contribution in [1.82, 2.24) is 9.55 Å². The number of hydrogen-bond donors (Lipinski definition) is 1. The Hall–Kier alpha value is -1.35. The number of nitrogens with zero attached hydrogens (tertiary/aromatic N) is 2. The number of rotatable bonds is 2. The van der Waals surface area contributed by atoms with Gasteiger partial charge in [0.05, 0.1) is 18.2 Å². The molecule has 0 spiro atoms. The SMILES string of the molecule is CC.Cc1cn(C(C)CO)c2ccncc12. The average molecular weight is 220 g/mol. The van der Waals surface area contributed by atoms with E-state index in [0.717, 1.165) is 10.9 Å². The number of aromatic nitrogens is 2. The maximum absolute atomic E-state index is 9.12. The van der Waals surface area contributed by atoms with Crippen molar-refractivity contribution >= 4 is 10.9 Å². The second-order valence-electron chi connectivity index (χ2n) is 3.64. The minimum absolute atomic E-state index is 0.119. The van der Waals surface area contributed by atoms with Gasteiger partial charge in [-0.2, -0.15) is 0 Å². The minimum Gasteiger partial charge on any atom is -0.394 e. The molecule has 0 aliphatic rings. The zero-order chi connectivity index (χ0) is 12.1. The maximum atomic E-state index is 9.12. The molecule has 88 valence electrons. The Kier molecular flexibility index (Phi) is 4.50. The lowest BCUT2D eigenvalue weighted by atomic mass is 10.2. The molecular formula is C13H20N2O. The molecule has 0 amide bonds. The summed E-state index contributed by atoms with van der Waals surface area (Å²) in [4.78, 5) is 4.10. The number of aliphatic hydroxyl groups excluding tert-OH is 1. The van der Waals surface area contributed by atoms with Crippen LogP contribution in [0.2, 0.25) is 0 Å². The van der Waals surface area contributed by atoms with Gasteiger partial charge in [0.15, 0.2) is 0 Å². The molecule has 2 aromatic heterocycles. The second-order valence-corrected chi connectivity index (χ2v) is 3.64.